The molecule has 2 aromatic carbocycles. The number of hydrogen-bond donors (Lipinski definition) is 1. The first-order valence-electron chi connectivity index (χ1n) is 8.48. The van der Waals surface area contributed by atoms with Crippen LogP contribution in [0.3, 0.4) is 0 Å². The van der Waals surface area contributed by atoms with Crippen molar-refractivity contribution in [2.75, 3.05) is 31.6 Å². The topological polar surface area (TPSA) is 75.7 Å². The van der Waals surface area contributed by atoms with Crippen molar-refractivity contribution in [2.45, 2.75) is 4.90 Å². The molecule has 0 aliphatic carbocycles. The van der Waals surface area contributed by atoms with E-state index in [0.29, 0.717) is 47.6 Å². The van der Waals surface area contributed by atoms with Gasteiger partial charge in [0.1, 0.15) is 0 Å². The lowest BCUT2D eigenvalue weighted by Gasteiger charge is -2.26. The molecular weight excluding hydrogens is 423 g/mol. The van der Waals surface area contributed by atoms with Crippen molar-refractivity contribution in [1.29, 1.82) is 0 Å². The van der Waals surface area contributed by atoms with Crippen LogP contribution in [-0.2, 0) is 19.6 Å². The number of amides is 1. The Morgan fingerprint density at radius 3 is 2.39 bits per heavy atom. The molecule has 1 saturated heterocycles. The average Bonchev–Trinajstić information content (AvgIpc) is 2.68. The van der Waals surface area contributed by atoms with Gasteiger partial charge in [-0.1, -0.05) is 29.3 Å². The zero-order valence-electron chi connectivity index (χ0n) is 14.8. The summed E-state index contributed by atoms with van der Waals surface area (Å²) in [6.07, 6.45) is 2.92. The Balaban J connectivity index is 1.65. The molecule has 1 fully saturated rings. The van der Waals surface area contributed by atoms with Crippen LogP contribution in [0.25, 0.3) is 6.08 Å². The summed E-state index contributed by atoms with van der Waals surface area (Å²) in [4.78, 5) is 12.3. The van der Waals surface area contributed by atoms with Gasteiger partial charge in [-0.2, -0.15) is 4.31 Å². The highest BCUT2D eigenvalue weighted by molar-refractivity contribution is 7.89. The largest absolute Gasteiger partial charge is 0.379 e. The highest BCUT2D eigenvalue weighted by Crippen LogP contribution is 2.22. The first-order chi connectivity index (χ1) is 13.4. The van der Waals surface area contributed by atoms with Crippen molar-refractivity contribution in [3.63, 3.8) is 0 Å². The third kappa shape index (κ3) is 5.12. The minimum Gasteiger partial charge on any atom is -0.379 e. The second-order valence-corrected chi connectivity index (χ2v) is 8.81. The molecule has 1 aliphatic rings. The highest BCUT2D eigenvalue weighted by Gasteiger charge is 2.26. The van der Waals surface area contributed by atoms with E-state index in [1.54, 1.807) is 36.4 Å². The maximum absolute atomic E-state index is 12.6. The molecule has 0 aromatic heterocycles. The highest BCUT2D eigenvalue weighted by atomic mass is 35.5. The quantitative estimate of drug-likeness (QED) is 0.719. The fourth-order valence-corrected chi connectivity index (χ4v) is 4.51. The molecule has 6 nitrogen and oxygen atoms in total. The maximum atomic E-state index is 12.6. The van der Waals surface area contributed by atoms with E-state index >= 15 is 0 Å². The van der Waals surface area contributed by atoms with Gasteiger partial charge in [0, 0.05) is 34.9 Å². The SMILES string of the molecule is O=C(C=Cc1ccc(Cl)cc1Cl)Nc1ccc(S(=O)(=O)N2CCOCC2)cc1. The van der Waals surface area contributed by atoms with E-state index in [9.17, 15) is 13.2 Å². The Morgan fingerprint density at radius 1 is 1.07 bits per heavy atom. The molecule has 1 heterocycles. The van der Waals surface area contributed by atoms with E-state index in [1.807, 2.05) is 0 Å². The zero-order chi connectivity index (χ0) is 20.1. The molecule has 1 aliphatic heterocycles. The van der Waals surface area contributed by atoms with Crippen molar-refractivity contribution in [3.8, 4) is 0 Å². The van der Waals surface area contributed by atoms with Gasteiger partial charge in [0.15, 0.2) is 0 Å². The summed E-state index contributed by atoms with van der Waals surface area (Å²) in [5.74, 6) is -0.366. The van der Waals surface area contributed by atoms with E-state index in [2.05, 4.69) is 5.32 Å². The first kappa shape index (κ1) is 20.8. The van der Waals surface area contributed by atoms with Gasteiger partial charge in [-0.3, -0.25) is 4.79 Å². The number of rotatable bonds is 5. The Bertz CT molecular complexity index is 985. The molecule has 9 heteroatoms. The van der Waals surface area contributed by atoms with Gasteiger partial charge in [0.25, 0.3) is 0 Å². The molecule has 3 rings (SSSR count). The van der Waals surface area contributed by atoms with Gasteiger partial charge in [0.2, 0.25) is 15.9 Å². The minimum atomic E-state index is -3.56. The van der Waals surface area contributed by atoms with Crippen LogP contribution in [0.15, 0.2) is 53.4 Å². The number of carbonyl (C=O) groups excluding carboxylic acids is 1. The molecule has 0 saturated carbocycles. The van der Waals surface area contributed by atoms with Gasteiger partial charge < -0.3 is 10.1 Å². The summed E-state index contributed by atoms with van der Waals surface area (Å²) < 4.78 is 31.8. The Hall–Kier alpha value is -1.90. The number of benzene rings is 2. The number of ether oxygens (including phenoxy) is 1. The zero-order valence-corrected chi connectivity index (χ0v) is 17.1. The molecule has 0 radical (unpaired) electrons. The van der Waals surface area contributed by atoms with Crippen LogP contribution in [-0.4, -0.2) is 44.9 Å². The monoisotopic (exact) mass is 440 g/mol. The Kier molecular flexibility index (Phi) is 6.74. The number of hydrogen-bond acceptors (Lipinski definition) is 4. The predicted molar refractivity (Wildman–Crippen MR) is 110 cm³/mol. The molecule has 0 unspecified atom stereocenters. The maximum Gasteiger partial charge on any atom is 0.248 e. The second-order valence-electron chi connectivity index (χ2n) is 6.03. The van der Waals surface area contributed by atoms with E-state index in [4.69, 9.17) is 27.9 Å². The number of anilines is 1. The lowest BCUT2D eigenvalue weighted by molar-refractivity contribution is -0.111. The summed E-state index contributed by atoms with van der Waals surface area (Å²) in [5.41, 5.74) is 1.14. The van der Waals surface area contributed by atoms with Crippen LogP contribution in [0, 0.1) is 0 Å². The molecular formula is C19H18Cl2N2O4S. The number of nitrogens with zero attached hydrogens (tertiary/aromatic N) is 1. The Labute approximate surface area is 173 Å². The van der Waals surface area contributed by atoms with Crippen molar-refractivity contribution in [1.82, 2.24) is 4.31 Å². The third-order valence-electron chi connectivity index (χ3n) is 4.11. The molecule has 1 N–H and O–H groups in total. The smallest absolute Gasteiger partial charge is 0.248 e. The van der Waals surface area contributed by atoms with Crippen LogP contribution in [0.4, 0.5) is 5.69 Å². The van der Waals surface area contributed by atoms with E-state index in [1.165, 1.54) is 22.5 Å². The third-order valence-corrected chi connectivity index (χ3v) is 6.58. The first-order valence-corrected chi connectivity index (χ1v) is 10.7. The summed E-state index contributed by atoms with van der Waals surface area (Å²) >= 11 is 11.9. The fourth-order valence-electron chi connectivity index (χ4n) is 2.63. The fraction of sp³-hybridized carbons (Fsp3) is 0.211. The van der Waals surface area contributed by atoms with E-state index < -0.39 is 10.0 Å². The number of sulfonamides is 1. The lowest BCUT2D eigenvalue weighted by atomic mass is 10.2. The number of morpholine rings is 1. The van der Waals surface area contributed by atoms with Crippen molar-refractivity contribution >= 4 is 50.9 Å². The van der Waals surface area contributed by atoms with Crippen LogP contribution < -0.4 is 5.32 Å². The van der Waals surface area contributed by atoms with Gasteiger partial charge in [-0.25, -0.2) is 8.42 Å². The lowest BCUT2D eigenvalue weighted by Crippen LogP contribution is -2.40. The van der Waals surface area contributed by atoms with Gasteiger partial charge in [-0.15, -0.1) is 0 Å². The average molecular weight is 441 g/mol. The summed E-state index contributed by atoms with van der Waals surface area (Å²) in [5, 5.41) is 3.63. The Morgan fingerprint density at radius 2 is 1.75 bits per heavy atom. The molecule has 0 bridgehead atoms. The van der Waals surface area contributed by atoms with Crippen molar-refractivity contribution < 1.29 is 17.9 Å². The summed E-state index contributed by atoms with van der Waals surface area (Å²) in [7, 11) is -3.56. The number of carbonyl (C=O) groups is 1. The molecule has 148 valence electrons. The summed E-state index contributed by atoms with van der Waals surface area (Å²) in [6.45, 7) is 1.44. The molecule has 2 aromatic rings. The van der Waals surface area contributed by atoms with E-state index in [0.717, 1.165) is 0 Å². The molecule has 0 atom stereocenters. The molecule has 1 amide bonds. The van der Waals surface area contributed by atoms with Crippen molar-refractivity contribution in [2.24, 2.45) is 0 Å². The molecule has 28 heavy (non-hydrogen) atoms. The summed E-state index contributed by atoms with van der Waals surface area (Å²) in [6, 6.07) is 11.0. The van der Waals surface area contributed by atoms with Gasteiger partial charge in [0.05, 0.1) is 18.1 Å². The second kappa shape index (κ2) is 9.07. The van der Waals surface area contributed by atoms with Gasteiger partial charge in [-0.05, 0) is 48.0 Å². The molecule has 0 spiro atoms. The van der Waals surface area contributed by atoms with E-state index in [-0.39, 0.29) is 10.8 Å². The van der Waals surface area contributed by atoms with Crippen LogP contribution in [0.2, 0.25) is 10.0 Å². The predicted octanol–water partition coefficient (Wildman–Crippen LogP) is 3.67. The standard InChI is InChI=1S/C19H18Cl2N2O4S/c20-15-3-1-14(18(21)13-15)2-8-19(24)22-16-4-6-17(7-5-16)28(25,26)23-9-11-27-12-10-23/h1-8,13H,9-12H2,(H,22,24). The van der Waals surface area contributed by atoms with Crippen LogP contribution in [0.5, 0.6) is 0 Å². The number of nitrogens with one attached hydrogen (secondary N) is 1. The van der Waals surface area contributed by atoms with Crippen molar-refractivity contribution in [3.05, 3.63) is 64.1 Å². The van der Waals surface area contributed by atoms with Gasteiger partial charge >= 0.3 is 0 Å². The normalized spacial score (nSPS) is 15.6. The van der Waals surface area contributed by atoms with Crippen LogP contribution in [0.1, 0.15) is 5.56 Å². The number of halogens is 2. The minimum absolute atomic E-state index is 0.177. The van der Waals surface area contributed by atoms with Crippen LogP contribution >= 0.6 is 23.2 Å².